The van der Waals surface area contributed by atoms with Crippen LogP contribution in [-0.2, 0) is 0 Å². The van der Waals surface area contributed by atoms with Crippen LogP contribution in [0, 0.1) is 0 Å². The third kappa shape index (κ3) is 8.62. The first-order valence-electron chi connectivity index (χ1n) is 7.75. The predicted molar refractivity (Wildman–Crippen MR) is 76.5 cm³/mol. The number of unbranched alkanes of at least 4 members (excludes halogenated alkanes) is 3. The van der Waals surface area contributed by atoms with E-state index in [0.29, 0.717) is 6.04 Å². The lowest BCUT2D eigenvalue weighted by molar-refractivity contribution is 0.277. The second kappa shape index (κ2) is 9.90. The summed E-state index contributed by atoms with van der Waals surface area (Å²) in [7, 11) is 0. The molecule has 1 N–H and O–H groups in total. The predicted octanol–water partition coefficient (Wildman–Crippen LogP) is 3.42. The summed E-state index contributed by atoms with van der Waals surface area (Å²) >= 11 is 0. The highest BCUT2D eigenvalue weighted by atomic mass is 15.1. The molecule has 0 aromatic rings. The molecule has 1 fully saturated rings. The molecular weight excluding hydrogens is 208 g/mol. The summed E-state index contributed by atoms with van der Waals surface area (Å²) in [5, 5.41) is 3.48. The van der Waals surface area contributed by atoms with E-state index in [1.807, 2.05) is 0 Å². The van der Waals surface area contributed by atoms with Crippen LogP contribution in [0.25, 0.3) is 0 Å². The van der Waals surface area contributed by atoms with Gasteiger partial charge in [-0.3, -0.25) is 0 Å². The number of nitrogens with zero attached hydrogens (tertiary/aromatic N) is 1. The molecule has 0 saturated carbocycles. The Hall–Kier alpha value is -0.0800. The summed E-state index contributed by atoms with van der Waals surface area (Å²) in [6.45, 7) is 9.70. The maximum atomic E-state index is 3.48. The molecule has 0 aromatic heterocycles. The van der Waals surface area contributed by atoms with Crippen LogP contribution < -0.4 is 5.32 Å². The highest BCUT2D eigenvalue weighted by Crippen LogP contribution is 2.10. The van der Waals surface area contributed by atoms with E-state index in [2.05, 4.69) is 24.1 Å². The van der Waals surface area contributed by atoms with Gasteiger partial charge in [-0.25, -0.2) is 0 Å². The third-order valence-corrected chi connectivity index (χ3v) is 3.65. The van der Waals surface area contributed by atoms with E-state index in [9.17, 15) is 0 Å². The van der Waals surface area contributed by atoms with E-state index in [1.165, 1.54) is 77.5 Å². The highest BCUT2D eigenvalue weighted by molar-refractivity contribution is 4.63. The van der Waals surface area contributed by atoms with Gasteiger partial charge in [0.2, 0.25) is 0 Å². The van der Waals surface area contributed by atoms with Gasteiger partial charge in [-0.1, -0.05) is 39.5 Å². The molecular formula is C15H32N2. The van der Waals surface area contributed by atoms with Crippen LogP contribution in [0.2, 0.25) is 0 Å². The quantitative estimate of drug-likeness (QED) is 0.654. The molecule has 1 rings (SSSR count). The molecule has 2 heteroatoms. The van der Waals surface area contributed by atoms with E-state index >= 15 is 0 Å². The molecule has 17 heavy (non-hydrogen) atoms. The summed E-state index contributed by atoms with van der Waals surface area (Å²) in [5.41, 5.74) is 0. The summed E-state index contributed by atoms with van der Waals surface area (Å²) in [5.74, 6) is 0. The zero-order valence-electron chi connectivity index (χ0n) is 12.0. The van der Waals surface area contributed by atoms with Crippen molar-refractivity contribution < 1.29 is 0 Å². The van der Waals surface area contributed by atoms with Crippen LogP contribution in [0.15, 0.2) is 0 Å². The van der Waals surface area contributed by atoms with E-state index in [0.717, 1.165) is 0 Å². The van der Waals surface area contributed by atoms with Crippen LogP contribution in [0.3, 0.4) is 0 Å². The number of nitrogens with one attached hydrogen (secondary N) is 1. The molecule has 2 nitrogen and oxygen atoms in total. The van der Waals surface area contributed by atoms with Crippen LogP contribution in [-0.4, -0.2) is 37.1 Å². The van der Waals surface area contributed by atoms with E-state index in [-0.39, 0.29) is 0 Å². The van der Waals surface area contributed by atoms with Crippen molar-refractivity contribution in [1.29, 1.82) is 0 Å². The second-order valence-corrected chi connectivity index (χ2v) is 5.78. The molecule has 1 aliphatic rings. The van der Waals surface area contributed by atoms with Crippen molar-refractivity contribution in [2.45, 2.75) is 71.3 Å². The van der Waals surface area contributed by atoms with E-state index < -0.39 is 0 Å². The molecule has 0 spiro atoms. The second-order valence-electron chi connectivity index (χ2n) is 5.78. The van der Waals surface area contributed by atoms with Crippen molar-refractivity contribution in [3.63, 3.8) is 0 Å². The maximum absolute atomic E-state index is 3.48. The molecule has 0 aromatic carbocycles. The minimum atomic E-state index is 0.645. The van der Waals surface area contributed by atoms with Gasteiger partial charge in [0.25, 0.3) is 0 Å². The fraction of sp³-hybridized carbons (Fsp3) is 1.00. The fourth-order valence-electron chi connectivity index (χ4n) is 2.56. The van der Waals surface area contributed by atoms with E-state index in [4.69, 9.17) is 0 Å². The first-order chi connectivity index (χ1) is 8.29. The number of hydrogen-bond acceptors (Lipinski definition) is 2. The monoisotopic (exact) mass is 240 g/mol. The fourth-order valence-corrected chi connectivity index (χ4v) is 2.56. The SMILES string of the molecule is CC(C)NCCCCCCN1CCCCCC1. The first-order valence-corrected chi connectivity index (χ1v) is 7.75. The smallest absolute Gasteiger partial charge is 0.00103 e. The van der Waals surface area contributed by atoms with Crippen LogP contribution in [0.1, 0.15) is 65.2 Å². The molecule has 102 valence electrons. The van der Waals surface area contributed by atoms with Gasteiger partial charge in [0.15, 0.2) is 0 Å². The largest absolute Gasteiger partial charge is 0.315 e. The number of hydrogen-bond donors (Lipinski definition) is 1. The Morgan fingerprint density at radius 1 is 0.882 bits per heavy atom. The van der Waals surface area contributed by atoms with Crippen molar-refractivity contribution in [1.82, 2.24) is 10.2 Å². The zero-order chi connectivity index (χ0) is 12.3. The molecule has 0 unspecified atom stereocenters. The lowest BCUT2D eigenvalue weighted by Crippen LogP contribution is -2.25. The third-order valence-electron chi connectivity index (χ3n) is 3.65. The van der Waals surface area contributed by atoms with Gasteiger partial charge in [0.1, 0.15) is 0 Å². The zero-order valence-corrected chi connectivity index (χ0v) is 12.0. The van der Waals surface area contributed by atoms with Crippen molar-refractivity contribution in [2.75, 3.05) is 26.2 Å². The highest BCUT2D eigenvalue weighted by Gasteiger charge is 2.07. The summed E-state index contributed by atoms with van der Waals surface area (Å²) in [6, 6.07) is 0.645. The van der Waals surface area contributed by atoms with Gasteiger partial charge in [-0.2, -0.15) is 0 Å². The van der Waals surface area contributed by atoms with Crippen molar-refractivity contribution >= 4 is 0 Å². The standard InChI is InChI=1S/C15H32N2/c1-15(2)16-11-7-3-4-8-12-17-13-9-5-6-10-14-17/h15-16H,3-14H2,1-2H3. The minimum absolute atomic E-state index is 0.645. The molecule has 0 amide bonds. The normalized spacial score (nSPS) is 18.5. The Kier molecular flexibility index (Phi) is 8.72. The Balaban J connectivity index is 1.86. The first kappa shape index (κ1) is 15.0. The molecule has 0 radical (unpaired) electrons. The summed E-state index contributed by atoms with van der Waals surface area (Å²) in [4.78, 5) is 2.68. The van der Waals surface area contributed by atoms with Gasteiger partial charge >= 0.3 is 0 Å². The van der Waals surface area contributed by atoms with Crippen molar-refractivity contribution in [3.05, 3.63) is 0 Å². The number of likely N-dealkylation sites (tertiary alicyclic amines) is 1. The average molecular weight is 240 g/mol. The summed E-state index contributed by atoms with van der Waals surface area (Å²) in [6.07, 6.45) is 11.3. The van der Waals surface area contributed by atoms with E-state index in [1.54, 1.807) is 0 Å². The van der Waals surface area contributed by atoms with Crippen molar-refractivity contribution in [3.8, 4) is 0 Å². The molecule has 0 atom stereocenters. The molecule has 0 bridgehead atoms. The topological polar surface area (TPSA) is 15.3 Å². The number of rotatable bonds is 8. The van der Waals surface area contributed by atoms with Crippen LogP contribution in [0.5, 0.6) is 0 Å². The van der Waals surface area contributed by atoms with Crippen molar-refractivity contribution in [2.24, 2.45) is 0 Å². The van der Waals surface area contributed by atoms with Gasteiger partial charge in [0.05, 0.1) is 0 Å². The molecule has 1 heterocycles. The Labute approximate surface area is 108 Å². The summed E-state index contributed by atoms with van der Waals surface area (Å²) < 4.78 is 0. The lowest BCUT2D eigenvalue weighted by atomic mass is 10.2. The van der Waals surface area contributed by atoms with Crippen LogP contribution in [0.4, 0.5) is 0 Å². The van der Waals surface area contributed by atoms with Gasteiger partial charge in [-0.15, -0.1) is 0 Å². The van der Waals surface area contributed by atoms with Gasteiger partial charge < -0.3 is 10.2 Å². The molecule has 1 saturated heterocycles. The minimum Gasteiger partial charge on any atom is -0.315 e. The molecule has 0 aliphatic carbocycles. The Morgan fingerprint density at radius 2 is 1.53 bits per heavy atom. The van der Waals surface area contributed by atoms with Gasteiger partial charge in [-0.05, 0) is 51.9 Å². The van der Waals surface area contributed by atoms with Gasteiger partial charge in [0, 0.05) is 6.04 Å². The lowest BCUT2D eigenvalue weighted by Gasteiger charge is -2.19. The van der Waals surface area contributed by atoms with Crippen LogP contribution >= 0.6 is 0 Å². The average Bonchev–Trinajstić information content (AvgIpc) is 2.56. The maximum Gasteiger partial charge on any atom is 0.00103 e. The Morgan fingerprint density at radius 3 is 2.18 bits per heavy atom. The Bertz CT molecular complexity index is 160. The molecule has 1 aliphatic heterocycles.